The van der Waals surface area contributed by atoms with Gasteiger partial charge in [0.05, 0.1) is 0 Å². The van der Waals surface area contributed by atoms with Crippen molar-refractivity contribution < 1.29 is 9.53 Å². The van der Waals surface area contributed by atoms with Gasteiger partial charge >= 0.3 is 41.3 Å². The summed E-state index contributed by atoms with van der Waals surface area (Å²) in [6.07, 6.45) is 0. The molecule has 0 unspecified atom stereocenters. The predicted molar refractivity (Wildman–Crippen MR) is 21.9 cm³/mol. The van der Waals surface area contributed by atoms with Crippen LogP contribution in [0.1, 0.15) is 0 Å². The topological polar surface area (TPSA) is 26.3 Å². The molecule has 1 rings (SSSR count). The molecule has 6 heavy (non-hydrogen) atoms. The normalized spacial score (nSPS) is 21.0. The van der Waals surface area contributed by atoms with Gasteiger partial charge in [-0.3, -0.25) is 0 Å². The van der Waals surface area contributed by atoms with Gasteiger partial charge in [-0.2, -0.15) is 0 Å². The fourth-order valence-electron chi connectivity index (χ4n) is 0.292. The summed E-state index contributed by atoms with van der Waals surface area (Å²) in [4.78, 5) is 10.1. The van der Waals surface area contributed by atoms with Crippen LogP contribution in [0.3, 0.4) is 0 Å². The van der Waals surface area contributed by atoms with Gasteiger partial charge in [0.15, 0.2) is 0 Å². The molecule has 34 valence electrons. The Balaban J connectivity index is 2.37. The molecule has 1 fully saturated rings. The van der Waals surface area contributed by atoms with Crippen molar-refractivity contribution in [3.8, 4) is 0 Å². The zero-order valence-corrected chi connectivity index (χ0v) is 4.85. The van der Waals surface area contributed by atoms with Crippen molar-refractivity contribution in [1.29, 1.82) is 0 Å². The van der Waals surface area contributed by atoms with Crippen molar-refractivity contribution in [2.75, 3.05) is 6.61 Å². The first-order chi connectivity index (χ1) is 2.89. The van der Waals surface area contributed by atoms with Gasteiger partial charge in [0.2, 0.25) is 0 Å². The van der Waals surface area contributed by atoms with E-state index in [4.69, 9.17) is 0 Å². The molecule has 0 aromatic heterocycles. The Morgan fingerprint density at radius 3 is 2.83 bits per heavy atom. The van der Waals surface area contributed by atoms with Crippen LogP contribution in [0, 0.1) is 0 Å². The molecule has 0 aromatic rings. The van der Waals surface area contributed by atoms with Crippen molar-refractivity contribution in [2.24, 2.45) is 0 Å². The summed E-state index contributed by atoms with van der Waals surface area (Å²) in [7, 11) is 0. The van der Waals surface area contributed by atoms with Crippen LogP contribution >= 0.6 is 0 Å². The molecule has 2 nitrogen and oxygen atoms in total. The Hall–Kier alpha value is -0.0105. The zero-order valence-electron chi connectivity index (χ0n) is 3.14. The Labute approximate surface area is 42.0 Å². The molecule has 0 amide bonds. The number of rotatable bonds is 0. The van der Waals surface area contributed by atoms with Crippen molar-refractivity contribution >= 4 is 19.8 Å². The summed E-state index contributed by atoms with van der Waals surface area (Å²) >= 11 is 0.167. The van der Waals surface area contributed by atoms with Crippen LogP contribution in [-0.2, 0) is 4.74 Å². The molecule has 0 aromatic carbocycles. The third-order valence-electron chi connectivity index (χ3n) is 0.523. The molecule has 0 radical (unpaired) electrons. The van der Waals surface area contributed by atoms with Crippen LogP contribution in [0.25, 0.3) is 0 Å². The summed E-state index contributed by atoms with van der Waals surface area (Å²) in [5.74, 6) is 0. The van der Waals surface area contributed by atoms with Crippen molar-refractivity contribution in [2.45, 2.75) is 5.32 Å². The number of carbonyl (C=O) groups excluding carboxylic acids is 1. The second-order valence-electron chi connectivity index (χ2n) is 0.947. The van der Waals surface area contributed by atoms with Crippen molar-refractivity contribution in [3.05, 3.63) is 0 Å². The summed E-state index contributed by atoms with van der Waals surface area (Å²) in [5, 5.41) is 0.978. The molecular weight excluding hydrogens is 147 g/mol. The molecule has 0 aliphatic carbocycles. The molecule has 1 aliphatic rings. The third kappa shape index (κ3) is 0.730. The van der Waals surface area contributed by atoms with E-state index < -0.39 is 0 Å². The molecule has 0 atom stereocenters. The van der Waals surface area contributed by atoms with Gasteiger partial charge < -0.3 is 0 Å². The molecule has 0 saturated carbocycles. The van der Waals surface area contributed by atoms with Crippen LogP contribution in [0.5, 0.6) is 0 Å². The molecule has 1 aliphatic heterocycles. The van der Waals surface area contributed by atoms with Crippen LogP contribution in [-0.4, -0.2) is 26.4 Å². The van der Waals surface area contributed by atoms with Gasteiger partial charge in [0.25, 0.3) is 0 Å². The Morgan fingerprint density at radius 1 is 1.83 bits per heavy atom. The molecule has 1 saturated heterocycles. The first-order valence-electron chi connectivity index (χ1n) is 1.69. The van der Waals surface area contributed by atoms with Crippen molar-refractivity contribution in [3.63, 3.8) is 0 Å². The second kappa shape index (κ2) is 1.63. The van der Waals surface area contributed by atoms with E-state index in [-0.39, 0.29) is 19.8 Å². The number of cyclic esters (lactones) is 1. The summed E-state index contributed by atoms with van der Waals surface area (Å²) in [6.45, 7) is 0.666. The van der Waals surface area contributed by atoms with E-state index in [2.05, 4.69) is 4.74 Å². The van der Waals surface area contributed by atoms with E-state index in [1.165, 1.54) is 0 Å². The number of hydrogen-bond acceptors (Lipinski definition) is 2. The molecular formula is C3H4O2Se. The second-order valence-corrected chi connectivity index (χ2v) is 3.11. The Morgan fingerprint density at radius 2 is 2.67 bits per heavy atom. The van der Waals surface area contributed by atoms with Gasteiger partial charge in [-0.05, 0) is 0 Å². The van der Waals surface area contributed by atoms with Gasteiger partial charge in [0.1, 0.15) is 0 Å². The van der Waals surface area contributed by atoms with Crippen LogP contribution in [0.2, 0.25) is 5.32 Å². The minimum atomic E-state index is 0.0162. The van der Waals surface area contributed by atoms with E-state index in [0.29, 0.717) is 6.61 Å². The maximum absolute atomic E-state index is 10.0. The Kier molecular flexibility index (Phi) is 1.13. The summed E-state index contributed by atoms with van der Waals surface area (Å²) in [5.41, 5.74) is 0. The van der Waals surface area contributed by atoms with Crippen LogP contribution in [0.15, 0.2) is 0 Å². The fraction of sp³-hybridized carbons (Fsp3) is 0.667. The maximum atomic E-state index is 10.0. The quantitative estimate of drug-likeness (QED) is 0.464. The van der Waals surface area contributed by atoms with E-state index in [1.807, 2.05) is 0 Å². The van der Waals surface area contributed by atoms with E-state index in [1.54, 1.807) is 0 Å². The van der Waals surface area contributed by atoms with E-state index >= 15 is 0 Å². The van der Waals surface area contributed by atoms with Gasteiger partial charge in [-0.1, -0.05) is 0 Å². The molecule has 0 bridgehead atoms. The minimum absolute atomic E-state index is 0.0162. The predicted octanol–water partition coefficient (Wildman–Crippen LogP) is 0.259. The van der Waals surface area contributed by atoms with E-state index in [9.17, 15) is 4.79 Å². The van der Waals surface area contributed by atoms with Crippen LogP contribution in [0.4, 0.5) is 4.79 Å². The average molecular weight is 151 g/mol. The monoisotopic (exact) mass is 152 g/mol. The number of carbonyl (C=O) groups is 1. The van der Waals surface area contributed by atoms with Crippen LogP contribution < -0.4 is 0 Å². The SMILES string of the molecule is O=C1OCC[Se]1. The zero-order chi connectivity index (χ0) is 4.41. The molecule has 3 heteroatoms. The molecule has 0 spiro atoms. The number of hydrogen-bond donors (Lipinski definition) is 0. The standard InChI is InChI=1S/C3H4O2Se/c4-3-5-1-2-6-3/h1-2H2. The summed E-state index contributed by atoms with van der Waals surface area (Å²) in [6, 6.07) is 0. The third-order valence-corrected chi connectivity index (χ3v) is 2.04. The van der Waals surface area contributed by atoms with Gasteiger partial charge in [-0.25, -0.2) is 0 Å². The average Bonchev–Trinajstić information content (AvgIpc) is 1.86. The Bertz CT molecular complexity index is 63.2. The first kappa shape index (κ1) is 4.16. The summed E-state index contributed by atoms with van der Waals surface area (Å²) < 4.78 is 4.54. The van der Waals surface area contributed by atoms with E-state index in [0.717, 1.165) is 5.32 Å². The van der Waals surface area contributed by atoms with Gasteiger partial charge in [0, 0.05) is 0 Å². The number of ether oxygens (including phenoxy) is 1. The van der Waals surface area contributed by atoms with Crippen molar-refractivity contribution in [1.82, 2.24) is 0 Å². The molecule has 0 N–H and O–H groups in total. The van der Waals surface area contributed by atoms with Gasteiger partial charge in [-0.15, -0.1) is 0 Å². The fourth-order valence-corrected chi connectivity index (χ4v) is 1.34. The molecule has 1 heterocycles. The first-order valence-corrected chi connectivity index (χ1v) is 3.76.